The highest BCUT2D eigenvalue weighted by molar-refractivity contribution is 5.98. The molecule has 9 heteroatoms. The van der Waals surface area contributed by atoms with Gasteiger partial charge in [-0.3, -0.25) is 14.8 Å². The molecule has 3 N–H and O–H groups in total. The van der Waals surface area contributed by atoms with Gasteiger partial charge in [-0.2, -0.15) is 0 Å². The number of carbonyl (C=O) groups excluding carboxylic acids is 1. The Morgan fingerprint density at radius 2 is 1.92 bits per heavy atom. The summed E-state index contributed by atoms with van der Waals surface area (Å²) in [5, 5.41) is 10.2. The highest BCUT2D eigenvalue weighted by Gasteiger charge is 2.32. The number of aliphatic hydroxyl groups excluding tert-OH is 1. The second kappa shape index (κ2) is 9.96. The number of aliphatic hydroxyl groups is 1. The van der Waals surface area contributed by atoms with Gasteiger partial charge in [0.2, 0.25) is 5.88 Å². The highest BCUT2D eigenvalue weighted by Crippen LogP contribution is 2.27. The minimum absolute atomic E-state index is 0.0234. The smallest absolute Gasteiger partial charge is 0.212 e. The number of fused-ring (bicyclic) bond motifs is 1. The molecule has 4 aromatic heterocycles. The molecule has 4 aromatic rings. The molecule has 0 unspecified atom stereocenters. The molecular weight excluding hydrogens is 456 g/mol. The van der Waals surface area contributed by atoms with Crippen LogP contribution < -0.4 is 15.4 Å². The molecule has 5 rings (SSSR count). The van der Waals surface area contributed by atoms with Gasteiger partial charge >= 0.3 is 0 Å². The number of ether oxygens (including phenoxy) is 1. The highest BCUT2D eigenvalue weighted by atomic mass is 16.5. The third-order valence-corrected chi connectivity index (χ3v) is 6.63. The van der Waals surface area contributed by atoms with E-state index in [2.05, 4.69) is 24.8 Å². The number of piperidine rings is 1. The maximum atomic E-state index is 13.3. The molecule has 9 nitrogen and oxygen atoms in total. The first-order chi connectivity index (χ1) is 17.4. The second-order valence-corrected chi connectivity index (χ2v) is 9.19. The Morgan fingerprint density at radius 1 is 1.08 bits per heavy atom. The fraction of sp³-hybridized carbons (Fsp3) is 0.296. The largest absolute Gasteiger partial charge is 0.481 e. The van der Waals surface area contributed by atoms with E-state index in [0.717, 1.165) is 22.4 Å². The van der Waals surface area contributed by atoms with Crippen LogP contribution in [0.2, 0.25) is 0 Å². The molecule has 0 aromatic carbocycles. The van der Waals surface area contributed by atoms with Crippen LogP contribution in [0.3, 0.4) is 0 Å². The monoisotopic (exact) mass is 484 g/mol. The Bertz CT molecular complexity index is 1380. The number of Topliss-reactive ketones (excluding diaryl/α,β-unsaturated/α-hetero) is 1. The lowest BCUT2D eigenvalue weighted by Crippen LogP contribution is -2.55. The number of nitrogens with two attached hydrogens (primary N) is 1. The number of carbonyl (C=O) groups is 1. The van der Waals surface area contributed by atoms with Crippen molar-refractivity contribution in [3.63, 3.8) is 0 Å². The number of hydrogen-bond acceptors (Lipinski definition) is 9. The molecule has 0 amide bonds. The molecule has 5 heterocycles. The predicted octanol–water partition coefficient (Wildman–Crippen LogP) is 2.67. The van der Waals surface area contributed by atoms with Crippen LogP contribution in [0.5, 0.6) is 5.88 Å². The van der Waals surface area contributed by atoms with Crippen molar-refractivity contribution in [2.45, 2.75) is 25.5 Å². The topological polar surface area (TPSA) is 127 Å². The molecule has 1 fully saturated rings. The van der Waals surface area contributed by atoms with Gasteiger partial charge in [0, 0.05) is 84.7 Å². The van der Waals surface area contributed by atoms with Crippen molar-refractivity contribution >= 4 is 22.5 Å². The summed E-state index contributed by atoms with van der Waals surface area (Å²) in [5.74, 6) is 0.442. The van der Waals surface area contributed by atoms with Crippen molar-refractivity contribution in [2.75, 3.05) is 25.1 Å². The summed E-state index contributed by atoms with van der Waals surface area (Å²) < 4.78 is 5.13. The number of aromatic nitrogens is 4. The predicted molar refractivity (Wildman–Crippen MR) is 137 cm³/mol. The van der Waals surface area contributed by atoms with Gasteiger partial charge in [-0.05, 0) is 30.3 Å². The van der Waals surface area contributed by atoms with Crippen molar-refractivity contribution < 1.29 is 14.6 Å². The Labute approximate surface area is 209 Å². The van der Waals surface area contributed by atoms with E-state index in [0.29, 0.717) is 35.7 Å². The quantitative estimate of drug-likeness (QED) is 0.397. The summed E-state index contributed by atoms with van der Waals surface area (Å²) in [6.45, 7) is 3.15. The summed E-state index contributed by atoms with van der Waals surface area (Å²) >= 11 is 0. The first-order valence-corrected chi connectivity index (χ1v) is 11.8. The van der Waals surface area contributed by atoms with Crippen LogP contribution in [0.15, 0.2) is 61.2 Å². The Kier molecular flexibility index (Phi) is 6.58. The van der Waals surface area contributed by atoms with E-state index >= 15 is 0 Å². The van der Waals surface area contributed by atoms with E-state index in [1.165, 1.54) is 0 Å². The molecule has 1 aliphatic heterocycles. The molecule has 0 saturated carbocycles. The van der Waals surface area contributed by atoms with Gasteiger partial charge in [0.15, 0.2) is 5.78 Å². The first kappa shape index (κ1) is 23.8. The Hall–Kier alpha value is -3.95. The lowest BCUT2D eigenvalue weighted by Gasteiger charge is -2.40. The second-order valence-electron chi connectivity index (χ2n) is 9.19. The molecule has 0 aliphatic carbocycles. The van der Waals surface area contributed by atoms with Crippen LogP contribution >= 0.6 is 0 Å². The zero-order chi connectivity index (χ0) is 25.2. The number of ketones is 1. The summed E-state index contributed by atoms with van der Waals surface area (Å²) in [7, 11) is 1.57. The van der Waals surface area contributed by atoms with Gasteiger partial charge in [-0.15, -0.1) is 0 Å². The minimum atomic E-state index is -0.540. The van der Waals surface area contributed by atoms with Crippen LogP contribution in [0, 0.1) is 5.92 Å². The summed E-state index contributed by atoms with van der Waals surface area (Å²) in [6, 6.07) is 10.6. The van der Waals surface area contributed by atoms with E-state index in [-0.39, 0.29) is 24.2 Å². The standard InChI is InChI=1S/C27H28N6O3/c1-16-14-33(15-20(28)27(16)35)24-7-8-29-11-19(24)10-25(34)22-5-4-21-23(32-22)9-18(13-30-21)17-3-6-26(36-2)31-12-17/h3-9,11-13,16,20,27,35H,10,14-15,28H2,1-2H3/t16-,20+,27+/m0/s1. The molecule has 3 atom stereocenters. The number of nitrogens with zero attached hydrogens (tertiary/aromatic N) is 5. The van der Waals surface area contributed by atoms with Gasteiger partial charge in [-0.1, -0.05) is 6.92 Å². The molecular formula is C27H28N6O3. The van der Waals surface area contributed by atoms with Gasteiger partial charge < -0.3 is 20.5 Å². The average molecular weight is 485 g/mol. The normalized spacial score (nSPS) is 19.9. The van der Waals surface area contributed by atoms with Gasteiger partial charge in [0.05, 0.1) is 24.2 Å². The van der Waals surface area contributed by atoms with Crippen LogP contribution in [0.25, 0.3) is 22.2 Å². The van der Waals surface area contributed by atoms with Crippen molar-refractivity contribution in [3.8, 4) is 17.0 Å². The Morgan fingerprint density at radius 3 is 2.67 bits per heavy atom. The van der Waals surface area contributed by atoms with Crippen LogP contribution in [0.4, 0.5) is 5.69 Å². The number of pyridine rings is 4. The number of methoxy groups -OCH3 is 1. The van der Waals surface area contributed by atoms with Crippen LogP contribution in [0.1, 0.15) is 23.0 Å². The third-order valence-electron chi connectivity index (χ3n) is 6.63. The molecule has 0 bridgehead atoms. The summed E-state index contributed by atoms with van der Waals surface area (Å²) in [5.41, 5.74) is 11.3. The van der Waals surface area contributed by atoms with E-state index in [1.54, 1.807) is 44.0 Å². The van der Waals surface area contributed by atoms with Crippen LogP contribution in [-0.4, -0.2) is 63.2 Å². The molecule has 36 heavy (non-hydrogen) atoms. The van der Waals surface area contributed by atoms with Gasteiger partial charge in [0.1, 0.15) is 5.69 Å². The maximum absolute atomic E-state index is 13.3. The number of anilines is 1. The first-order valence-electron chi connectivity index (χ1n) is 11.8. The molecule has 0 radical (unpaired) electrons. The van der Waals surface area contributed by atoms with Crippen molar-refractivity contribution in [2.24, 2.45) is 11.7 Å². The fourth-order valence-electron chi connectivity index (χ4n) is 4.63. The summed E-state index contributed by atoms with van der Waals surface area (Å²) in [4.78, 5) is 33.0. The summed E-state index contributed by atoms with van der Waals surface area (Å²) in [6.07, 6.45) is 6.51. The number of hydrogen-bond donors (Lipinski definition) is 2. The zero-order valence-corrected chi connectivity index (χ0v) is 20.2. The van der Waals surface area contributed by atoms with E-state index < -0.39 is 6.10 Å². The van der Waals surface area contributed by atoms with Crippen molar-refractivity contribution in [1.82, 2.24) is 19.9 Å². The molecule has 184 valence electrons. The zero-order valence-electron chi connectivity index (χ0n) is 20.2. The molecule has 1 saturated heterocycles. The van der Waals surface area contributed by atoms with E-state index in [9.17, 15) is 9.90 Å². The van der Waals surface area contributed by atoms with Crippen molar-refractivity contribution in [1.29, 1.82) is 0 Å². The van der Waals surface area contributed by atoms with Gasteiger partial charge in [-0.25, -0.2) is 9.97 Å². The maximum Gasteiger partial charge on any atom is 0.212 e. The lowest BCUT2D eigenvalue weighted by atomic mass is 9.92. The molecule has 1 aliphatic rings. The minimum Gasteiger partial charge on any atom is -0.481 e. The van der Waals surface area contributed by atoms with Crippen molar-refractivity contribution in [3.05, 3.63) is 72.4 Å². The fourth-order valence-corrected chi connectivity index (χ4v) is 4.63. The average Bonchev–Trinajstić information content (AvgIpc) is 2.91. The lowest BCUT2D eigenvalue weighted by molar-refractivity contribution is 0.0784. The van der Waals surface area contributed by atoms with E-state index in [4.69, 9.17) is 10.5 Å². The third kappa shape index (κ3) is 4.75. The SMILES string of the molecule is COc1ccc(-c2cnc3ccc(C(=O)Cc4cnccc4N4C[C@@H](N)[C@H](O)[C@@H](C)C4)nc3c2)cn1. The van der Waals surface area contributed by atoms with E-state index in [1.807, 2.05) is 31.2 Å². The Balaban J connectivity index is 1.40. The van der Waals surface area contributed by atoms with Gasteiger partial charge in [0.25, 0.3) is 0 Å². The van der Waals surface area contributed by atoms with Crippen LogP contribution in [-0.2, 0) is 6.42 Å². The number of rotatable bonds is 6. The molecule has 0 spiro atoms.